The summed E-state index contributed by atoms with van der Waals surface area (Å²) in [7, 11) is 0. The second-order valence-electron chi connectivity index (χ2n) is 4.01. The molecular formula is C14H17N. The van der Waals surface area contributed by atoms with E-state index >= 15 is 0 Å². The summed E-state index contributed by atoms with van der Waals surface area (Å²) in [4.78, 5) is 4.74. The molecule has 1 nitrogen and oxygen atoms in total. The van der Waals surface area contributed by atoms with E-state index in [4.69, 9.17) is 4.99 Å². The quantitative estimate of drug-likeness (QED) is 0.509. The standard InChI is InChI=1S/C14H17N/c1-12(13-8-4-2-5-9-13)15-14-10-6-3-7-11-14/h2,4-6,8-10,14H,3,7,11H2,1H3. The van der Waals surface area contributed by atoms with Gasteiger partial charge in [0.15, 0.2) is 0 Å². The Kier molecular flexibility index (Phi) is 3.33. The zero-order valence-corrected chi connectivity index (χ0v) is 9.19. The van der Waals surface area contributed by atoms with Crippen LogP contribution < -0.4 is 0 Å². The summed E-state index contributed by atoms with van der Waals surface area (Å²) in [6.45, 7) is 2.10. The lowest BCUT2D eigenvalue weighted by atomic mass is 10.0. The summed E-state index contributed by atoms with van der Waals surface area (Å²) < 4.78 is 0. The second-order valence-corrected chi connectivity index (χ2v) is 4.01. The molecule has 0 fully saturated rings. The number of hydrogen-bond donors (Lipinski definition) is 0. The molecular weight excluding hydrogens is 182 g/mol. The fourth-order valence-corrected chi connectivity index (χ4v) is 1.90. The van der Waals surface area contributed by atoms with Crippen molar-refractivity contribution in [2.45, 2.75) is 32.2 Å². The molecule has 0 spiro atoms. The first-order valence-electron chi connectivity index (χ1n) is 5.63. The third-order valence-corrected chi connectivity index (χ3v) is 2.78. The predicted molar refractivity (Wildman–Crippen MR) is 65.4 cm³/mol. The third kappa shape index (κ3) is 2.79. The average molecular weight is 199 g/mol. The van der Waals surface area contributed by atoms with Crippen LogP contribution in [-0.4, -0.2) is 11.8 Å². The van der Waals surface area contributed by atoms with Crippen molar-refractivity contribution in [3.63, 3.8) is 0 Å². The Labute approximate surface area is 91.6 Å². The molecule has 0 aliphatic heterocycles. The zero-order valence-electron chi connectivity index (χ0n) is 9.19. The lowest BCUT2D eigenvalue weighted by molar-refractivity contribution is 0.647. The van der Waals surface area contributed by atoms with E-state index in [1.54, 1.807) is 0 Å². The molecule has 0 bridgehead atoms. The van der Waals surface area contributed by atoms with Gasteiger partial charge in [0.2, 0.25) is 0 Å². The van der Waals surface area contributed by atoms with Crippen LogP contribution in [0.4, 0.5) is 0 Å². The molecule has 1 aromatic carbocycles. The van der Waals surface area contributed by atoms with Gasteiger partial charge in [0.05, 0.1) is 6.04 Å². The molecule has 1 aliphatic rings. The van der Waals surface area contributed by atoms with Crippen molar-refractivity contribution >= 4 is 5.71 Å². The molecule has 0 saturated heterocycles. The molecule has 0 aromatic heterocycles. The van der Waals surface area contributed by atoms with E-state index in [9.17, 15) is 0 Å². The first-order valence-corrected chi connectivity index (χ1v) is 5.63. The summed E-state index contributed by atoms with van der Waals surface area (Å²) in [5.41, 5.74) is 2.38. The molecule has 1 aromatic rings. The van der Waals surface area contributed by atoms with Crippen LogP contribution in [0, 0.1) is 0 Å². The van der Waals surface area contributed by atoms with Crippen molar-refractivity contribution in [2.24, 2.45) is 4.99 Å². The maximum atomic E-state index is 4.74. The highest BCUT2D eigenvalue weighted by molar-refractivity contribution is 5.98. The van der Waals surface area contributed by atoms with Crippen molar-refractivity contribution in [1.82, 2.24) is 0 Å². The Hall–Kier alpha value is -1.37. The monoisotopic (exact) mass is 199 g/mol. The minimum atomic E-state index is 0.402. The van der Waals surface area contributed by atoms with Gasteiger partial charge in [-0.3, -0.25) is 4.99 Å². The Balaban J connectivity index is 2.13. The summed E-state index contributed by atoms with van der Waals surface area (Å²) in [5, 5.41) is 0. The third-order valence-electron chi connectivity index (χ3n) is 2.78. The van der Waals surface area contributed by atoms with E-state index in [1.807, 2.05) is 6.07 Å². The molecule has 2 rings (SSSR count). The Morgan fingerprint density at radius 1 is 1.27 bits per heavy atom. The van der Waals surface area contributed by atoms with E-state index in [2.05, 4.69) is 43.3 Å². The molecule has 1 atom stereocenters. The molecule has 0 N–H and O–H groups in total. The van der Waals surface area contributed by atoms with Gasteiger partial charge in [0.25, 0.3) is 0 Å². The number of allylic oxidation sites excluding steroid dienone is 1. The Morgan fingerprint density at radius 3 is 2.73 bits per heavy atom. The van der Waals surface area contributed by atoms with Crippen molar-refractivity contribution in [3.8, 4) is 0 Å². The van der Waals surface area contributed by atoms with Crippen LogP contribution in [0.3, 0.4) is 0 Å². The Morgan fingerprint density at radius 2 is 2.07 bits per heavy atom. The summed E-state index contributed by atoms with van der Waals surface area (Å²) in [6, 6.07) is 10.8. The van der Waals surface area contributed by atoms with Gasteiger partial charge < -0.3 is 0 Å². The first kappa shape index (κ1) is 10.2. The van der Waals surface area contributed by atoms with Crippen molar-refractivity contribution in [2.75, 3.05) is 0 Å². The number of aliphatic imine (C=N–C) groups is 1. The SMILES string of the molecule is CC(=NC1C=CCCC1)c1ccccc1. The second kappa shape index (κ2) is 4.92. The summed E-state index contributed by atoms with van der Waals surface area (Å²) in [5.74, 6) is 0. The minimum Gasteiger partial charge on any atom is -0.282 e. The van der Waals surface area contributed by atoms with Gasteiger partial charge in [0, 0.05) is 5.71 Å². The first-order chi connectivity index (χ1) is 7.36. The molecule has 0 amide bonds. The van der Waals surface area contributed by atoms with Gasteiger partial charge in [-0.05, 0) is 31.7 Å². The number of rotatable bonds is 2. The van der Waals surface area contributed by atoms with Crippen LogP contribution in [0.1, 0.15) is 31.7 Å². The van der Waals surface area contributed by atoms with E-state index in [1.165, 1.54) is 24.8 Å². The molecule has 0 heterocycles. The van der Waals surface area contributed by atoms with Crippen LogP contribution in [-0.2, 0) is 0 Å². The van der Waals surface area contributed by atoms with Gasteiger partial charge >= 0.3 is 0 Å². The van der Waals surface area contributed by atoms with E-state index in [0.717, 1.165) is 5.71 Å². The zero-order chi connectivity index (χ0) is 10.5. The van der Waals surface area contributed by atoms with Gasteiger partial charge in [-0.2, -0.15) is 0 Å². The van der Waals surface area contributed by atoms with Gasteiger partial charge in [0.1, 0.15) is 0 Å². The Bertz CT molecular complexity index is 362. The van der Waals surface area contributed by atoms with Gasteiger partial charge in [-0.15, -0.1) is 0 Å². The lowest BCUT2D eigenvalue weighted by Gasteiger charge is -2.13. The fraction of sp³-hybridized carbons (Fsp3) is 0.357. The number of hydrogen-bond acceptors (Lipinski definition) is 1. The maximum absolute atomic E-state index is 4.74. The smallest absolute Gasteiger partial charge is 0.0683 e. The largest absolute Gasteiger partial charge is 0.282 e. The average Bonchev–Trinajstić information content (AvgIpc) is 2.31. The van der Waals surface area contributed by atoms with Gasteiger partial charge in [-0.1, -0.05) is 42.5 Å². The molecule has 78 valence electrons. The molecule has 1 unspecified atom stereocenters. The maximum Gasteiger partial charge on any atom is 0.0683 e. The molecule has 0 radical (unpaired) electrons. The number of benzene rings is 1. The van der Waals surface area contributed by atoms with Crippen LogP contribution in [0.5, 0.6) is 0 Å². The molecule has 1 aliphatic carbocycles. The molecule has 0 saturated carbocycles. The van der Waals surface area contributed by atoms with Crippen molar-refractivity contribution < 1.29 is 0 Å². The van der Waals surface area contributed by atoms with Crippen LogP contribution in [0.15, 0.2) is 47.5 Å². The molecule has 1 heteroatoms. The fourth-order valence-electron chi connectivity index (χ4n) is 1.90. The summed E-state index contributed by atoms with van der Waals surface area (Å²) >= 11 is 0. The van der Waals surface area contributed by atoms with E-state index in [0.29, 0.717) is 6.04 Å². The predicted octanol–water partition coefficient (Wildman–Crippen LogP) is 3.60. The topological polar surface area (TPSA) is 12.4 Å². The highest BCUT2D eigenvalue weighted by atomic mass is 14.8. The lowest BCUT2D eigenvalue weighted by Crippen LogP contribution is -2.07. The van der Waals surface area contributed by atoms with Crippen LogP contribution >= 0.6 is 0 Å². The minimum absolute atomic E-state index is 0.402. The van der Waals surface area contributed by atoms with Crippen LogP contribution in [0.2, 0.25) is 0 Å². The van der Waals surface area contributed by atoms with Gasteiger partial charge in [-0.25, -0.2) is 0 Å². The summed E-state index contributed by atoms with van der Waals surface area (Å²) in [6.07, 6.45) is 8.16. The highest BCUT2D eigenvalue weighted by Crippen LogP contribution is 2.14. The van der Waals surface area contributed by atoms with Crippen LogP contribution in [0.25, 0.3) is 0 Å². The highest BCUT2D eigenvalue weighted by Gasteiger charge is 2.06. The normalized spacial score (nSPS) is 21.7. The number of nitrogens with zero attached hydrogens (tertiary/aromatic N) is 1. The van der Waals surface area contributed by atoms with E-state index in [-0.39, 0.29) is 0 Å². The van der Waals surface area contributed by atoms with Crippen molar-refractivity contribution in [1.29, 1.82) is 0 Å². The van der Waals surface area contributed by atoms with Crippen molar-refractivity contribution in [3.05, 3.63) is 48.0 Å². The molecule has 15 heavy (non-hydrogen) atoms. The van der Waals surface area contributed by atoms with E-state index < -0.39 is 0 Å².